The van der Waals surface area contributed by atoms with Crippen molar-refractivity contribution in [3.63, 3.8) is 0 Å². The molecule has 3 fully saturated rings. The number of nitrogens with zero attached hydrogens (tertiary/aromatic N) is 1. The van der Waals surface area contributed by atoms with Gasteiger partial charge >= 0.3 is 0 Å². The van der Waals surface area contributed by atoms with Crippen LogP contribution in [-0.2, 0) is 16.6 Å². The molecule has 0 aromatic heterocycles. The van der Waals surface area contributed by atoms with Gasteiger partial charge in [0, 0.05) is 23.2 Å². The summed E-state index contributed by atoms with van der Waals surface area (Å²) in [6, 6.07) is 10.9. The second-order valence-corrected chi connectivity index (χ2v) is 12.2. The average molecular weight is 509 g/mol. The molecule has 7 heteroatoms. The molecule has 2 aromatic carbocycles. The first-order chi connectivity index (χ1) is 17.3. The summed E-state index contributed by atoms with van der Waals surface area (Å²) in [4.78, 5) is 15.9. The molecular formula is C29H33ClN2O4. The largest absolute Gasteiger partial charge is 0.504 e. The summed E-state index contributed by atoms with van der Waals surface area (Å²) in [5.74, 6) is 0.981. The van der Waals surface area contributed by atoms with Crippen LogP contribution >= 0.6 is 11.6 Å². The lowest BCUT2D eigenvalue weighted by molar-refractivity contribution is -0.192. The molecule has 3 unspecified atom stereocenters. The molecular weight excluding hydrogens is 476 g/mol. The monoisotopic (exact) mass is 508 g/mol. The number of piperidine rings is 1. The molecule has 2 bridgehead atoms. The third-order valence-electron chi connectivity index (χ3n) is 9.85. The van der Waals surface area contributed by atoms with Crippen LogP contribution in [0.4, 0.5) is 0 Å². The number of hydrogen-bond donors (Lipinski definition) is 3. The summed E-state index contributed by atoms with van der Waals surface area (Å²) < 4.78 is 6.56. The van der Waals surface area contributed by atoms with Crippen LogP contribution in [0.15, 0.2) is 36.4 Å². The molecule has 5 aliphatic rings. The minimum Gasteiger partial charge on any atom is -0.504 e. The Morgan fingerprint density at radius 1 is 1.19 bits per heavy atom. The third-order valence-corrected chi connectivity index (χ3v) is 10.1. The van der Waals surface area contributed by atoms with E-state index >= 15 is 0 Å². The maximum absolute atomic E-state index is 13.4. The van der Waals surface area contributed by atoms with Gasteiger partial charge in [0.2, 0.25) is 5.91 Å². The van der Waals surface area contributed by atoms with Gasteiger partial charge in [0.05, 0.1) is 23.0 Å². The number of benzene rings is 2. The number of phenolic OH excluding ortho intramolecular Hbond substituents is 1. The molecule has 3 N–H and O–H groups in total. The van der Waals surface area contributed by atoms with Gasteiger partial charge in [0.1, 0.15) is 6.10 Å². The Kier molecular flexibility index (Phi) is 5.00. The molecule has 7 rings (SSSR count). The highest BCUT2D eigenvalue weighted by Crippen LogP contribution is 2.65. The van der Waals surface area contributed by atoms with Crippen molar-refractivity contribution in [1.29, 1.82) is 0 Å². The molecule has 2 saturated carbocycles. The number of aromatic hydroxyl groups is 1. The highest BCUT2D eigenvalue weighted by atomic mass is 35.5. The van der Waals surface area contributed by atoms with Crippen LogP contribution in [0.25, 0.3) is 0 Å². The second-order valence-electron chi connectivity index (χ2n) is 11.7. The quantitative estimate of drug-likeness (QED) is 0.570. The standard InChI is InChI=1S/C29H33ClN2O4/c1-16(18-4-7-20(30)8-5-18)27(34)31-21-10-11-29(35)23-14-19-6-9-22(33)25-24(19)28(29,26(21)36-25)12-13-32(23)15-17-2-3-17/h4-9,16-17,21,23,26,33,35H,2-3,10-15H2,1H3,(H,31,34)/t16?,21?,23-,26?,28+,29-/m1/s1. The predicted molar refractivity (Wildman–Crippen MR) is 137 cm³/mol. The number of ether oxygens (including phenoxy) is 1. The van der Waals surface area contributed by atoms with Crippen LogP contribution in [0.1, 0.15) is 61.6 Å². The van der Waals surface area contributed by atoms with Crippen molar-refractivity contribution in [3.8, 4) is 11.5 Å². The lowest BCUT2D eigenvalue weighted by Gasteiger charge is -2.64. The van der Waals surface area contributed by atoms with Crippen LogP contribution in [0, 0.1) is 5.92 Å². The molecule has 0 radical (unpaired) electrons. The number of carbonyl (C=O) groups is 1. The Balaban J connectivity index is 1.24. The van der Waals surface area contributed by atoms with Crippen LogP contribution in [-0.4, -0.2) is 57.9 Å². The van der Waals surface area contributed by atoms with E-state index in [1.165, 1.54) is 18.4 Å². The molecule has 1 amide bonds. The number of carbonyl (C=O) groups excluding carboxylic acids is 1. The van der Waals surface area contributed by atoms with Gasteiger partial charge in [0.15, 0.2) is 11.5 Å². The molecule has 36 heavy (non-hydrogen) atoms. The van der Waals surface area contributed by atoms with Crippen LogP contribution in [0.2, 0.25) is 5.02 Å². The number of hydrogen-bond acceptors (Lipinski definition) is 5. The fourth-order valence-electron chi connectivity index (χ4n) is 7.84. The molecule has 1 saturated heterocycles. The lowest BCUT2D eigenvalue weighted by Crippen LogP contribution is -2.78. The van der Waals surface area contributed by atoms with Crippen molar-refractivity contribution < 1.29 is 19.7 Å². The average Bonchev–Trinajstić information content (AvgIpc) is 3.61. The first-order valence-corrected chi connectivity index (χ1v) is 13.7. The summed E-state index contributed by atoms with van der Waals surface area (Å²) in [6.45, 7) is 3.85. The normalized spacial score (nSPS) is 35.0. The van der Waals surface area contributed by atoms with E-state index in [1.807, 2.05) is 25.1 Å². The van der Waals surface area contributed by atoms with E-state index in [9.17, 15) is 15.0 Å². The van der Waals surface area contributed by atoms with Crippen molar-refractivity contribution in [3.05, 3.63) is 58.1 Å². The van der Waals surface area contributed by atoms with Gasteiger partial charge in [-0.1, -0.05) is 29.8 Å². The van der Waals surface area contributed by atoms with Crippen molar-refractivity contribution in [2.75, 3.05) is 13.1 Å². The van der Waals surface area contributed by atoms with E-state index < -0.39 is 17.1 Å². The van der Waals surface area contributed by atoms with Crippen molar-refractivity contribution in [2.45, 2.75) is 80.6 Å². The van der Waals surface area contributed by atoms with Crippen molar-refractivity contribution in [1.82, 2.24) is 10.2 Å². The Labute approximate surface area is 216 Å². The van der Waals surface area contributed by atoms with E-state index in [4.69, 9.17) is 16.3 Å². The molecule has 6 nitrogen and oxygen atoms in total. The zero-order valence-electron chi connectivity index (χ0n) is 20.5. The number of likely N-dealkylation sites (tertiary alicyclic amines) is 1. The minimum absolute atomic E-state index is 0.0329. The van der Waals surface area contributed by atoms with E-state index in [0.717, 1.165) is 43.0 Å². The molecule has 3 aliphatic carbocycles. The van der Waals surface area contributed by atoms with Crippen molar-refractivity contribution in [2.24, 2.45) is 5.92 Å². The SMILES string of the molecule is CC(C(=O)NC1CC[C@@]2(O)[C@H]3Cc4ccc(O)c5c4[C@@]2(CCN3CC2CC2)C1O5)c1ccc(Cl)cc1. The zero-order valence-corrected chi connectivity index (χ0v) is 21.3. The molecule has 2 aromatic rings. The minimum atomic E-state index is -0.945. The van der Waals surface area contributed by atoms with Gasteiger partial charge in [-0.3, -0.25) is 9.69 Å². The molecule has 2 heterocycles. The molecule has 2 aliphatic heterocycles. The van der Waals surface area contributed by atoms with E-state index in [0.29, 0.717) is 23.6 Å². The number of nitrogens with one attached hydrogen (secondary N) is 1. The highest BCUT2D eigenvalue weighted by molar-refractivity contribution is 6.30. The van der Waals surface area contributed by atoms with E-state index in [2.05, 4.69) is 10.2 Å². The van der Waals surface area contributed by atoms with Gasteiger partial charge < -0.3 is 20.3 Å². The Hall–Kier alpha value is -2.28. The molecule has 190 valence electrons. The molecule has 1 spiro atoms. The van der Waals surface area contributed by atoms with E-state index in [1.54, 1.807) is 18.2 Å². The van der Waals surface area contributed by atoms with Crippen LogP contribution < -0.4 is 10.1 Å². The molecule has 6 atom stereocenters. The van der Waals surface area contributed by atoms with Gasteiger partial charge in [-0.2, -0.15) is 0 Å². The third kappa shape index (κ3) is 3.07. The Morgan fingerprint density at radius 2 is 1.97 bits per heavy atom. The van der Waals surface area contributed by atoms with Gasteiger partial charge in [-0.05, 0) is 87.2 Å². The van der Waals surface area contributed by atoms with Gasteiger partial charge in [0.25, 0.3) is 0 Å². The van der Waals surface area contributed by atoms with Gasteiger partial charge in [-0.15, -0.1) is 0 Å². The van der Waals surface area contributed by atoms with Crippen molar-refractivity contribution >= 4 is 17.5 Å². The van der Waals surface area contributed by atoms with E-state index in [-0.39, 0.29) is 29.7 Å². The Morgan fingerprint density at radius 3 is 2.72 bits per heavy atom. The number of aliphatic hydroxyl groups is 1. The first-order valence-electron chi connectivity index (χ1n) is 13.4. The summed E-state index contributed by atoms with van der Waals surface area (Å²) >= 11 is 6.04. The van der Waals surface area contributed by atoms with Crippen LogP contribution in [0.3, 0.4) is 0 Å². The number of phenols is 1. The topological polar surface area (TPSA) is 82.0 Å². The highest BCUT2D eigenvalue weighted by Gasteiger charge is 2.73. The first kappa shape index (κ1) is 22.9. The van der Waals surface area contributed by atoms with Crippen LogP contribution in [0.5, 0.6) is 11.5 Å². The summed E-state index contributed by atoms with van der Waals surface area (Å²) in [5, 5.41) is 27.3. The lowest BCUT2D eigenvalue weighted by atomic mass is 9.48. The smallest absolute Gasteiger partial charge is 0.227 e. The summed E-state index contributed by atoms with van der Waals surface area (Å²) in [6.07, 6.45) is 4.94. The van der Waals surface area contributed by atoms with Gasteiger partial charge in [-0.25, -0.2) is 0 Å². The Bertz CT molecular complexity index is 1230. The number of amides is 1. The maximum atomic E-state index is 13.4. The summed E-state index contributed by atoms with van der Waals surface area (Å²) in [5.41, 5.74) is 1.49. The fraction of sp³-hybridized carbons (Fsp3) is 0.552. The second kappa shape index (κ2) is 7.86. The number of halogens is 1. The number of rotatable bonds is 5. The fourth-order valence-corrected chi connectivity index (χ4v) is 7.97. The zero-order chi connectivity index (χ0) is 24.8. The maximum Gasteiger partial charge on any atom is 0.227 e. The summed E-state index contributed by atoms with van der Waals surface area (Å²) in [7, 11) is 0. The predicted octanol–water partition coefficient (Wildman–Crippen LogP) is 3.90.